The quantitative estimate of drug-likeness (QED) is 0.548. The monoisotopic (exact) mass is 430 g/mol. The molecule has 12 atom stereocenters. The van der Waals surface area contributed by atoms with Gasteiger partial charge in [-0.15, -0.1) is 0 Å². The number of fused-ring (bicyclic) bond motifs is 7. The number of aliphatic hydroxyl groups excluding tert-OH is 2. The van der Waals surface area contributed by atoms with Gasteiger partial charge in [-0.2, -0.15) is 0 Å². The average Bonchev–Trinajstić information content (AvgIpc) is 3.16. The van der Waals surface area contributed by atoms with Crippen LogP contribution in [-0.4, -0.2) is 40.9 Å². The molecular formula is C27H42O4. The number of aliphatic hydroxyl groups is 2. The van der Waals surface area contributed by atoms with Crippen LogP contribution in [0.2, 0.25) is 0 Å². The summed E-state index contributed by atoms with van der Waals surface area (Å²) in [5.74, 6) is 3.39. The Hall–Kier alpha value is -0.420. The molecule has 5 fully saturated rings. The lowest BCUT2D eigenvalue weighted by Gasteiger charge is -2.59. The van der Waals surface area contributed by atoms with Gasteiger partial charge in [0.1, 0.15) is 0 Å². The van der Waals surface area contributed by atoms with E-state index in [0.29, 0.717) is 53.4 Å². The highest BCUT2D eigenvalue weighted by atomic mass is 16.7. The minimum atomic E-state index is -0.584. The highest BCUT2D eigenvalue weighted by molar-refractivity contribution is 5.27. The first-order valence-electron chi connectivity index (χ1n) is 13.1. The van der Waals surface area contributed by atoms with E-state index >= 15 is 0 Å². The van der Waals surface area contributed by atoms with Crippen molar-refractivity contribution in [1.82, 2.24) is 0 Å². The van der Waals surface area contributed by atoms with E-state index < -0.39 is 12.2 Å². The van der Waals surface area contributed by atoms with Crippen LogP contribution in [0.15, 0.2) is 11.6 Å². The molecule has 4 heteroatoms. The topological polar surface area (TPSA) is 58.9 Å². The number of allylic oxidation sites excluding steroid dienone is 1. The standard InChI is InChI=1S/C27H42O4/c1-15-7-10-27(30-14-15)16(2)24-23(31-27)12-20-18-6-5-17-11-21(28)22(29)13-26(17,4)19(18)8-9-25(20,24)3/h5,15-16,18-24,28-29H,6-14H2,1-4H3/t15-,16-,18+,19-,20-,21+,22+,23-,24-,25-,26-,27+/m0/s1. The first-order valence-corrected chi connectivity index (χ1v) is 13.1. The SMILES string of the molecule is C[C@H]1CC[C@@]2(OC1)O[C@H]1C[C@H]3[C@@H]4CC=C5C[C@@H](O)[C@H](O)C[C@]5(C)[C@H]4CC[C@]3(C)[C@H]1[C@@H]2C. The van der Waals surface area contributed by atoms with Gasteiger partial charge in [0.2, 0.25) is 0 Å². The van der Waals surface area contributed by atoms with E-state index in [4.69, 9.17) is 9.47 Å². The molecule has 0 amide bonds. The van der Waals surface area contributed by atoms with Crippen LogP contribution in [-0.2, 0) is 9.47 Å². The van der Waals surface area contributed by atoms with Crippen molar-refractivity contribution >= 4 is 0 Å². The van der Waals surface area contributed by atoms with Crippen LogP contribution in [0, 0.1) is 46.3 Å². The lowest BCUT2D eigenvalue weighted by molar-refractivity contribution is -0.272. The van der Waals surface area contributed by atoms with Gasteiger partial charge in [0.25, 0.3) is 0 Å². The lowest BCUT2D eigenvalue weighted by atomic mass is 9.46. The summed E-state index contributed by atoms with van der Waals surface area (Å²) in [5, 5.41) is 20.8. The van der Waals surface area contributed by atoms with Crippen molar-refractivity contribution in [2.75, 3.05) is 6.61 Å². The second kappa shape index (κ2) is 6.81. The molecule has 3 saturated carbocycles. The average molecular weight is 431 g/mol. The largest absolute Gasteiger partial charge is 0.390 e. The van der Waals surface area contributed by atoms with Crippen LogP contribution in [0.4, 0.5) is 0 Å². The van der Waals surface area contributed by atoms with E-state index in [2.05, 4.69) is 33.8 Å². The minimum absolute atomic E-state index is 0.0525. The fraction of sp³-hybridized carbons (Fsp3) is 0.926. The third kappa shape index (κ3) is 2.74. The van der Waals surface area contributed by atoms with Crippen molar-refractivity contribution < 1.29 is 19.7 Å². The van der Waals surface area contributed by atoms with Crippen LogP contribution in [0.25, 0.3) is 0 Å². The van der Waals surface area contributed by atoms with Gasteiger partial charge in [0.15, 0.2) is 5.79 Å². The van der Waals surface area contributed by atoms with Crippen molar-refractivity contribution in [2.45, 2.75) is 103 Å². The molecule has 0 aromatic rings. The fourth-order valence-electron chi connectivity index (χ4n) is 9.71. The summed E-state index contributed by atoms with van der Waals surface area (Å²) in [6, 6.07) is 0. The van der Waals surface area contributed by atoms with Crippen LogP contribution < -0.4 is 0 Å². The first-order chi connectivity index (χ1) is 14.7. The summed E-state index contributed by atoms with van der Waals surface area (Å²) in [6.07, 6.45) is 10.1. The Morgan fingerprint density at radius 3 is 2.58 bits per heavy atom. The Kier molecular flexibility index (Phi) is 4.64. The number of hydrogen-bond donors (Lipinski definition) is 2. The van der Waals surface area contributed by atoms with Crippen LogP contribution in [0.1, 0.15) is 79.1 Å². The molecule has 0 radical (unpaired) electrons. The van der Waals surface area contributed by atoms with E-state index in [-0.39, 0.29) is 11.2 Å². The first kappa shape index (κ1) is 21.1. The molecule has 0 unspecified atom stereocenters. The zero-order valence-electron chi connectivity index (χ0n) is 19.8. The third-order valence-corrected chi connectivity index (χ3v) is 11.4. The molecule has 0 aromatic carbocycles. The summed E-state index contributed by atoms with van der Waals surface area (Å²) < 4.78 is 13.3. The van der Waals surface area contributed by atoms with Crippen LogP contribution >= 0.6 is 0 Å². The van der Waals surface area contributed by atoms with Gasteiger partial charge in [0.05, 0.1) is 24.9 Å². The molecule has 31 heavy (non-hydrogen) atoms. The summed E-state index contributed by atoms with van der Waals surface area (Å²) in [6.45, 7) is 10.5. The van der Waals surface area contributed by atoms with Gasteiger partial charge < -0.3 is 19.7 Å². The van der Waals surface area contributed by atoms with Crippen molar-refractivity contribution in [3.8, 4) is 0 Å². The Bertz CT molecular complexity index is 769. The van der Waals surface area contributed by atoms with Crippen molar-refractivity contribution in [2.24, 2.45) is 46.3 Å². The molecule has 4 nitrogen and oxygen atoms in total. The minimum Gasteiger partial charge on any atom is -0.390 e. The Morgan fingerprint density at radius 2 is 1.84 bits per heavy atom. The maximum absolute atomic E-state index is 10.5. The Labute approximate surface area is 187 Å². The molecular weight excluding hydrogens is 388 g/mol. The predicted molar refractivity (Wildman–Crippen MR) is 119 cm³/mol. The highest BCUT2D eigenvalue weighted by Crippen LogP contribution is 2.70. The van der Waals surface area contributed by atoms with Gasteiger partial charge in [-0.05, 0) is 85.4 Å². The zero-order chi connectivity index (χ0) is 21.8. The molecule has 6 rings (SSSR count). The maximum Gasteiger partial charge on any atom is 0.171 e. The molecule has 174 valence electrons. The molecule has 1 spiro atoms. The van der Waals surface area contributed by atoms with Gasteiger partial charge in [-0.1, -0.05) is 39.3 Å². The summed E-state index contributed by atoms with van der Waals surface area (Å²) >= 11 is 0. The van der Waals surface area contributed by atoms with Gasteiger partial charge in [0, 0.05) is 12.3 Å². The third-order valence-electron chi connectivity index (χ3n) is 11.4. The molecule has 4 aliphatic carbocycles. The Balaban J connectivity index is 1.28. The molecule has 0 aromatic heterocycles. The number of ether oxygens (including phenoxy) is 2. The Morgan fingerprint density at radius 1 is 1.03 bits per heavy atom. The van der Waals surface area contributed by atoms with E-state index in [1.54, 1.807) is 0 Å². The second-order valence-electron chi connectivity index (χ2n) is 12.8. The van der Waals surface area contributed by atoms with Crippen molar-refractivity contribution in [1.29, 1.82) is 0 Å². The fourth-order valence-corrected chi connectivity index (χ4v) is 9.71. The van der Waals surface area contributed by atoms with Gasteiger partial charge in [-0.25, -0.2) is 0 Å². The zero-order valence-corrected chi connectivity index (χ0v) is 19.8. The van der Waals surface area contributed by atoms with E-state index in [1.807, 2.05) is 0 Å². The van der Waals surface area contributed by atoms with Gasteiger partial charge in [-0.3, -0.25) is 0 Å². The summed E-state index contributed by atoms with van der Waals surface area (Å²) in [5.41, 5.74) is 1.80. The second-order valence-corrected chi connectivity index (χ2v) is 12.8. The van der Waals surface area contributed by atoms with E-state index in [1.165, 1.54) is 31.3 Å². The maximum atomic E-state index is 10.5. The summed E-state index contributed by atoms with van der Waals surface area (Å²) in [7, 11) is 0. The van der Waals surface area contributed by atoms with Crippen LogP contribution in [0.5, 0.6) is 0 Å². The van der Waals surface area contributed by atoms with Crippen molar-refractivity contribution in [3.63, 3.8) is 0 Å². The molecule has 6 aliphatic rings. The number of rotatable bonds is 0. The highest BCUT2D eigenvalue weighted by Gasteiger charge is 2.68. The molecule has 0 bridgehead atoms. The van der Waals surface area contributed by atoms with E-state index in [9.17, 15) is 10.2 Å². The number of hydrogen-bond acceptors (Lipinski definition) is 4. The predicted octanol–water partition coefficient (Wildman–Crippen LogP) is 4.68. The molecule has 2 aliphatic heterocycles. The normalized spacial score (nSPS) is 60.7. The molecule has 2 saturated heterocycles. The van der Waals surface area contributed by atoms with Gasteiger partial charge >= 0.3 is 0 Å². The smallest absolute Gasteiger partial charge is 0.171 e. The molecule has 2 heterocycles. The molecule has 2 N–H and O–H groups in total. The van der Waals surface area contributed by atoms with E-state index in [0.717, 1.165) is 25.9 Å². The van der Waals surface area contributed by atoms with Crippen molar-refractivity contribution in [3.05, 3.63) is 11.6 Å². The lowest BCUT2D eigenvalue weighted by Crippen LogP contribution is -2.54. The summed E-state index contributed by atoms with van der Waals surface area (Å²) in [4.78, 5) is 0. The van der Waals surface area contributed by atoms with Crippen LogP contribution in [0.3, 0.4) is 0 Å².